The molecule has 0 spiro atoms. The van der Waals surface area contributed by atoms with Gasteiger partial charge in [0.15, 0.2) is 0 Å². The molecule has 0 fully saturated rings. The van der Waals surface area contributed by atoms with Crippen molar-refractivity contribution < 1.29 is 9.53 Å². The van der Waals surface area contributed by atoms with E-state index in [1.54, 1.807) is 7.11 Å². The Kier molecular flexibility index (Phi) is 6.05. The number of aromatic amines is 1. The Morgan fingerprint density at radius 2 is 1.82 bits per heavy atom. The molecule has 3 aromatic rings. The number of amides is 1. The molecule has 148 valence electrons. The van der Waals surface area contributed by atoms with Gasteiger partial charge in [-0.1, -0.05) is 30.3 Å². The van der Waals surface area contributed by atoms with E-state index in [1.165, 1.54) is 10.9 Å². The monoisotopic (exact) mass is 379 g/mol. The highest BCUT2D eigenvalue weighted by Crippen LogP contribution is 2.31. The zero-order valence-electron chi connectivity index (χ0n) is 17.0. The van der Waals surface area contributed by atoms with E-state index < -0.39 is 0 Å². The van der Waals surface area contributed by atoms with Gasteiger partial charge >= 0.3 is 0 Å². The number of ether oxygens (including phenoxy) is 1. The summed E-state index contributed by atoms with van der Waals surface area (Å²) in [6.07, 6.45) is 2.04. The molecule has 28 heavy (non-hydrogen) atoms. The zero-order valence-corrected chi connectivity index (χ0v) is 17.0. The van der Waals surface area contributed by atoms with Crippen molar-refractivity contribution in [2.24, 2.45) is 0 Å². The molecule has 0 unspecified atom stereocenters. The lowest BCUT2D eigenvalue weighted by Gasteiger charge is -2.22. The van der Waals surface area contributed by atoms with Crippen LogP contribution >= 0.6 is 0 Å². The van der Waals surface area contributed by atoms with Gasteiger partial charge in [0.05, 0.1) is 13.7 Å². The number of carbonyl (C=O) groups excluding carboxylic acids is 1. The molecular weight excluding hydrogens is 350 g/mol. The Balaban J connectivity index is 1.83. The van der Waals surface area contributed by atoms with Crippen molar-refractivity contribution in [1.82, 2.24) is 15.6 Å². The molecule has 5 nitrogen and oxygen atoms in total. The Labute approximate surface area is 166 Å². The van der Waals surface area contributed by atoms with E-state index in [0.29, 0.717) is 13.1 Å². The first-order valence-electron chi connectivity index (χ1n) is 9.59. The highest BCUT2D eigenvalue weighted by Gasteiger charge is 2.20. The largest absolute Gasteiger partial charge is 0.497 e. The molecule has 2 aromatic carbocycles. The van der Waals surface area contributed by atoms with Crippen LogP contribution < -0.4 is 15.4 Å². The number of para-hydroxylation sites is 1. The summed E-state index contributed by atoms with van der Waals surface area (Å²) in [7, 11) is 1.66. The van der Waals surface area contributed by atoms with Gasteiger partial charge in [0, 0.05) is 35.1 Å². The van der Waals surface area contributed by atoms with Crippen LogP contribution in [0.4, 0.5) is 0 Å². The van der Waals surface area contributed by atoms with Gasteiger partial charge in [-0.3, -0.25) is 4.79 Å². The molecular formula is C23H29N3O2. The molecule has 0 aliphatic rings. The summed E-state index contributed by atoms with van der Waals surface area (Å²) >= 11 is 0. The van der Waals surface area contributed by atoms with Crippen LogP contribution in [0.2, 0.25) is 0 Å². The average molecular weight is 380 g/mol. The summed E-state index contributed by atoms with van der Waals surface area (Å²) in [4.78, 5) is 15.7. The first-order chi connectivity index (χ1) is 13.4. The molecule has 1 amide bonds. The van der Waals surface area contributed by atoms with Gasteiger partial charge in [-0.25, -0.2) is 0 Å². The summed E-state index contributed by atoms with van der Waals surface area (Å²) in [6.45, 7) is 6.97. The second kappa shape index (κ2) is 8.48. The second-order valence-electron chi connectivity index (χ2n) is 8.02. The fourth-order valence-electron chi connectivity index (χ4n) is 3.25. The van der Waals surface area contributed by atoms with Crippen LogP contribution in [0.3, 0.4) is 0 Å². The summed E-state index contributed by atoms with van der Waals surface area (Å²) in [5.41, 5.74) is 3.31. The molecule has 0 saturated heterocycles. The number of hydrogen-bond acceptors (Lipinski definition) is 3. The molecule has 0 bridgehead atoms. The van der Waals surface area contributed by atoms with E-state index >= 15 is 0 Å². The second-order valence-corrected chi connectivity index (χ2v) is 8.02. The quantitative estimate of drug-likeness (QED) is 0.585. The minimum absolute atomic E-state index is 0.00622. The minimum atomic E-state index is -0.0937. The molecule has 1 aromatic heterocycles. The van der Waals surface area contributed by atoms with Gasteiger partial charge in [0.2, 0.25) is 5.91 Å². The van der Waals surface area contributed by atoms with Crippen LogP contribution in [0.25, 0.3) is 10.9 Å². The Morgan fingerprint density at radius 3 is 2.50 bits per heavy atom. The molecule has 3 N–H and O–H groups in total. The number of nitrogens with one attached hydrogen (secondary N) is 3. The number of fused-ring (bicyclic) bond motifs is 1. The van der Waals surface area contributed by atoms with Crippen molar-refractivity contribution in [2.75, 3.05) is 20.2 Å². The molecule has 5 heteroatoms. The maximum atomic E-state index is 12.4. The Morgan fingerprint density at radius 1 is 1.11 bits per heavy atom. The molecule has 0 saturated carbocycles. The van der Waals surface area contributed by atoms with Crippen molar-refractivity contribution >= 4 is 16.8 Å². The average Bonchev–Trinajstić information content (AvgIpc) is 3.10. The van der Waals surface area contributed by atoms with E-state index in [2.05, 4.69) is 39.9 Å². The summed E-state index contributed by atoms with van der Waals surface area (Å²) < 4.78 is 5.29. The smallest absolute Gasteiger partial charge is 0.234 e. The summed E-state index contributed by atoms with van der Waals surface area (Å²) in [5.74, 6) is 0.855. The van der Waals surface area contributed by atoms with Crippen molar-refractivity contribution in [3.05, 3.63) is 65.9 Å². The molecule has 0 aliphatic heterocycles. The normalized spacial score (nSPS) is 12.7. The number of methoxy groups -OCH3 is 1. The third-order valence-corrected chi connectivity index (χ3v) is 4.80. The Hall–Kier alpha value is -2.79. The molecule has 0 aliphatic carbocycles. The van der Waals surface area contributed by atoms with Gasteiger partial charge in [0.25, 0.3) is 0 Å². The number of aromatic nitrogens is 1. The van der Waals surface area contributed by atoms with Crippen molar-refractivity contribution in [3.8, 4) is 5.75 Å². The number of hydrogen-bond donors (Lipinski definition) is 3. The number of benzene rings is 2. The maximum absolute atomic E-state index is 12.4. The van der Waals surface area contributed by atoms with Gasteiger partial charge in [-0.05, 0) is 50.1 Å². The number of rotatable bonds is 7. The van der Waals surface area contributed by atoms with Gasteiger partial charge in [-0.2, -0.15) is 0 Å². The van der Waals surface area contributed by atoms with Gasteiger partial charge < -0.3 is 20.4 Å². The van der Waals surface area contributed by atoms with E-state index in [0.717, 1.165) is 16.8 Å². The molecule has 3 rings (SSSR count). The van der Waals surface area contributed by atoms with E-state index in [4.69, 9.17) is 4.74 Å². The molecule has 0 radical (unpaired) electrons. The van der Waals surface area contributed by atoms with E-state index in [9.17, 15) is 4.79 Å². The van der Waals surface area contributed by atoms with Crippen molar-refractivity contribution in [3.63, 3.8) is 0 Å². The lowest BCUT2D eigenvalue weighted by molar-refractivity contribution is -0.120. The van der Waals surface area contributed by atoms with Crippen LogP contribution in [0, 0.1) is 0 Å². The molecule has 1 heterocycles. The van der Waals surface area contributed by atoms with Crippen LogP contribution in [-0.2, 0) is 4.79 Å². The fourth-order valence-corrected chi connectivity index (χ4v) is 3.25. The SMILES string of the molecule is COc1ccc([C@H](CNC(=O)CNC(C)(C)C)c2c[nH]c3ccccc23)cc1. The van der Waals surface area contributed by atoms with Crippen LogP contribution in [0.1, 0.15) is 37.8 Å². The third-order valence-electron chi connectivity index (χ3n) is 4.80. The van der Waals surface area contributed by atoms with Gasteiger partial charge in [-0.15, -0.1) is 0 Å². The molecule has 1 atom stereocenters. The maximum Gasteiger partial charge on any atom is 0.234 e. The summed E-state index contributed by atoms with van der Waals surface area (Å²) in [5, 5.41) is 7.49. The first kappa shape index (κ1) is 20.0. The van der Waals surface area contributed by atoms with Crippen molar-refractivity contribution in [2.45, 2.75) is 32.2 Å². The number of carbonyl (C=O) groups is 1. The van der Waals surface area contributed by atoms with E-state index in [-0.39, 0.29) is 17.4 Å². The number of H-pyrrole nitrogens is 1. The Bertz CT molecular complexity index is 923. The van der Waals surface area contributed by atoms with Crippen LogP contribution in [0.15, 0.2) is 54.7 Å². The predicted molar refractivity (Wildman–Crippen MR) is 114 cm³/mol. The highest BCUT2D eigenvalue weighted by molar-refractivity contribution is 5.84. The van der Waals surface area contributed by atoms with Crippen LogP contribution in [0.5, 0.6) is 5.75 Å². The van der Waals surface area contributed by atoms with Crippen LogP contribution in [-0.4, -0.2) is 36.6 Å². The lowest BCUT2D eigenvalue weighted by atomic mass is 9.90. The standard InChI is InChI=1S/C23H29N3O2/c1-23(2,3)26-15-22(27)25-13-19(16-9-11-17(28-4)12-10-16)20-14-24-21-8-6-5-7-18(20)21/h5-12,14,19,24,26H,13,15H2,1-4H3,(H,25,27)/t19-/m0/s1. The lowest BCUT2D eigenvalue weighted by Crippen LogP contribution is -2.44. The van der Waals surface area contributed by atoms with Gasteiger partial charge in [0.1, 0.15) is 5.75 Å². The van der Waals surface area contributed by atoms with Crippen molar-refractivity contribution in [1.29, 1.82) is 0 Å². The predicted octanol–water partition coefficient (Wildman–Crippen LogP) is 3.81. The fraction of sp³-hybridized carbons (Fsp3) is 0.348. The topological polar surface area (TPSA) is 66.2 Å². The van der Waals surface area contributed by atoms with E-state index in [1.807, 2.05) is 51.2 Å². The third kappa shape index (κ3) is 4.93. The highest BCUT2D eigenvalue weighted by atomic mass is 16.5. The first-order valence-corrected chi connectivity index (χ1v) is 9.59. The minimum Gasteiger partial charge on any atom is -0.497 e. The zero-order chi connectivity index (χ0) is 20.1. The summed E-state index contributed by atoms with van der Waals surface area (Å²) in [6, 6.07) is 16.3.